The van der Waals surface area contributed by atoms with Gasteiger partial charge in [-0.2, -0.15) is 0 Å². The third-order valence-electron chi connectivity index (χ3n) is 3.10. The van der Waals surface area contributed by atoms with Crippen molar-refractivity contribution in [3.05, 3.63) is 0 Å². The molecule has 0 aliphatic carbocycles. The molecule has 0 aliphatic heterocycles. The van der Waals surface area contributed by atoms with E-state index in [4.69, 9.17) is 0 Å². The van der Waals surface area contributed by atoms with E-state index in [0.717, 1.165) is 19.3 Å². The summed E-state index contributed by atoms with van der Waals surface area (Å²) in [5.41, 5.74) is 0. The van der Waals surface area contributed by atoms with Crippen molar-refractivity contribution in [3.63, 3.8) is 0 Å². The van der Waals surface area contributed by atoms with Gasteiger partial charge >= 0.3 is 0 Å². The zero-order valence-electron chi connectivity index (χ0n) is 12.3. The predicted molar refractivity (Wildman–Crippen MR) is 78.1 cm³/mol. The molecule has 0 saturated heterocycles. The molecule has 0 rings (SSSR count). The van der Waals surface area contributed by atoms with Crippen LogP contribution in [0.2, 0.25) is 0 Å². The molecule has 2 N–H and O–H groups in total. The molecule has 0 aliphatic rings. The van der Waals surface area contributed by atoms with Crippen LogP contribution in [-0.4, -0.2) is 40.3 Å². The van der Waals surface area contributed by atoms with Gasteiger partial charge in [-0.15, -0.1) is 0 Å². The van der Waals surface area contributed by atoms with Crippen LogP contribution in [0, 0.1) is 0 Å². The molecule has 0 aromatic rings. The zero-order chi connectivity index (χ0) is 14.1. The highest BCUT2D eigenvalue weighted by atomic mass is 32.2. The molecule has 18 heavy (non-hydrogen) atoms. The third-order valence-corrected chi connectivity index (χ3v) is 3.91. The molecule has 5 heteroatoms. The van der Waals surface area contributed by atoms with Crippen molar-refractivity contribution in [1.82, 2.24) is 10.6 Å². The van der Waals surface area contributed by atoms with Crippen molar-refractivity contribution in [1.29, 1.82) is 0 Å². The van der Waals surface area contributed by atoms with Crippen molar-refractivity contribution in [2.75, 3.05) is 12.0 Å². The Morgan fingerprint density at radius 2 is 1.78 bits per heavy atom. The molecule has 108 valence electrons. The Morgan fingerprint density at radius 1 is 1.22 bits per heavy atom. The topological polar surface area (TPSA) is 58.2 Å². The van der Waals surface area contributed by atoms with E-state index >= 15 is 0 Å². The van der Waals surface area contributed by atoms with Gasteiger partial charge in [-0.3, -0.25) is 9.00 Å². The summed E-state index contributed by atoms with van der Waals surface area (Å²) in [6, 6.07) is 0.266. The van der Waals surface area contributed by atoms with E-state index in [1.54, 1.807) is 6.26 Å². The Kier molecular flexibility index (Phi) is 9.28. The number of carbonyl (C=O) groups excluding carboxylic acids is 1. The minimum Gasteiger partial charge on any atom is -0.352 e. The van der Waals surface area contributed by atoms with Crippen LogP contribution >= 0.6 is 0 Å². The first kappa shape index (κ1) is 17.6. The minimum atomic E-state index is -0.764. The third kappa shape index (κ3) is 7.82. The first-order valence-electron chi connectivity index (χ1n) is 6.77. The van der Waals surface area contributed by atoms with Crippen LogP contribution in [-0.2, 0) is 15.6 Å². The second-order valence-corrected chi connectivity index (χ2v) is 6.43. The first-order chi connectivity index (χ1) is 8.40. The van der Waals surface area contributed by atoms with Gasteiger partial charge in [0.15, 0.2) is 0 Å². The van der Waals surface area contributed by atoms with E-state index in [0.29, 0.717) is 5.75 Å². The lowest BCUT2D eigenvalue weighted by molar-refractivity contribution is -0.123. The number of nitrogens with one attached hydrogen (secondary N) is 2. The summed E-state index contributed by atoms with van der Waals surface area (Å²) in [4.78, 5) is 11.9. The molecule has 0 aromatic heterocycles. The van der Waals surface area contributed by atoms with Gasteiger partial charge in [0.25, 0.3) is 0 Å². The number of amides is 1. The maximum Gasteiger partial charge on any atom is 0.237 e. The molecule has 0 radical (unpaired) electrons. The van der Waals surface area contributed by atoms with E-state index in [-0.39, 0.29) is 24.0 Å². The van der Waals surface area contributed by atoms with Crippen LogP contribution in [0.5, 0.6) is 0 Å². The molecular formula is C13H28N2O2S. The van der Waals surface area contributed by atoms with Crippen molar-refractivity contribution in [3.8, 4) is 0 Å². The minimum absolute atomic E-state index is 0.0492. The maximum absolute atomic E-state index is 11.9. The normalized spacial score (nSPS) is 16.3. The molecule has 0 heterocycles. The van der Waals surface area contributed by atoms with Gasteiger partial charge in [0.1, 0.15) is 0 Å². The standard InChI is InChI=1S/C13H28N2O2S/c1-6-12(7-2)15-13(16)11(4)14-10(3)8-9-18(5)17/h10-12,14H,6-9H2,1-5H3,(H,15,16). The Labute approximate surface area is 114 Å². The summed E-state index contributed by atoms with van der Waals surface area (Å²) in [6.45, 7) is 8.04. The Morgan fingerprint density at radius 3 is 2.22 bits per heavy atom. The molecule has 0 fully saturated rings. The van der Waals surface area contributed by atoms with Crippen LogP contribution in [0.15, 0.2) is 0 Å². The fourth-order valence-corrected chi connectivity index (χ4v) is 2.43. The van der Waals surface area contributed by atoms with Crippen LogP contribution in [0.1, 0.15) is 47.0 Å². The summed E-state index contributed by atoms with van der Waals surface area (Å²) < 4.78 is 11.0. The van der Waals surface area contributed by atoms with Gasteiger partial charge in [-0.05, 0) is 33.1 Å². The Hall–Kier alpha value is -0.420. The lowest BCUT2D eigenvalue weighted by Crippen LogP contribution is -2.48. The monoisotopic (exact) mass is 276 g/mol. The van der Waals surface area contributed by atoms with Gasteiger partial charge in [0.05, 0.1) is 6.04 Å². The fraction of sp³-hybridized carbons (Fsp3) is 0.923. The summed E-state index contributed by atoms with van der Waals surface area (Å²) in [7, 11) is -0.764. The summed E-state index contributed by atoms with van der Waals surface area (Å²) >= 11 is 0. The molecule has 3 atom stereocenters. The SMILES string of the molecule is CCC(CC)NC(=O)C(C)NC(C)CCS(C)=O. The molecule has 0 bridgehead atoms. The number of hydrogen-bond donors (Lipinski definition) is 2. The van der Waals surface area contributed by atoms with Gasteiger partial charge in [-0.25, -0.2) is 0 Å². The Bertz CT molecular complexity index is 268. The van der Waals surface area contributed by atoms with Crippen molar-refractivity contribution in [2.45, 2.75) is 65.1 Å². The van der Waals surface area contributed by atoms with Crippen molar-refractivity contribution < 1.29 is 9.00 Å². The molecule has 4 nitrogen and oxygen atoms in total. The highest BCUT2D eigenvalue weighted by Crippen LogP contribution is 1.99. The van der Waals surface area contributed by atoms with Crippen LogP contribution in [0.4, 0.5) is 0 Å². The summed E-state index contributed by atoms with van der Waals surface area (Å²) in [6.07, 6.45) is 4.44. The molecule has 0 spiro atoms. The molecular weight excluding hydrogens is 248 g/mol. The van der Waals surface area contributed by atoms with E-state index in [1.807, 2.05) is 13.8 Å². The average Bonchev–Trinajstić information content (AvgIpc) is 2.32. The largest absolute Gasteiger partial charge is 0.352 e. The second-order valence-electron chi connectivity index (χ2n) is 4.88. The van der Waals surface area contributed by atoms with Gasteiger partial charge in [0, 0.05) is 34.9 Å². The van der Waals surface area contributed by atoms with Gasteiger partial charge in [-0.1, -0.05) is 13.8 Å². The van der Waals surface area contributed by atoms with E-state index in [2.05, 4.69) is 24.5 Å². The van der Waals surface area contributed by atoms with Crippen LogP contribution in [0.3, 0.4) is 0 Å². The Balaban J connectivity index is 4.02. The smallest absolute Gasteiger partial charge is 0.237 e. The highest BCUT2D eigenvalue weighted by molar-refractivity contribution is 7.84. The predicted octanol–water partition coefficient (Wildman–Crippen LogP) is 1.43. The molecule has 1 amide bonds. The molecule has 3 unspecified atom stereocenters. The van der Waals surface area contributed by atoms with E-state index < -0.39 is 10.8 Å². The quantitative estimate of drug-likeness (QED) is 0.670. The van der Waals surface area contributed by atoms with E-state index in [9.17, 15) is 9.00 Å². The van der Waals surface area contributed by atoms with E-state index in [1.165, 1.54) is 0 Å². The van der Waals surface area contributed by atoms with Crippen LogP contribution in [0.25, 0.3) is 0 Å². The van der Waals surface area contributed by atoms with Crippen molar-refractivity contribution in [2.24, 2.45) is 0 Å². The summed E-state index contributed by atoms with van der Waals surface area (Å²) in [5, 5.41) is 6.27. The van der Waals surface area contributed by atoms with Gasteiger partial charge in [0.2, 0.25) is 5.91 Å². The molecule has 0 saturated carbocycles. The lowest BCUT2D eigenvalue weighted by atomic mass is 10.1. The number of hydrogen-bond acceptors (Lipinski definition) is 3. The second kappa shape index (κ2) is 9.50. The highest BCUT2D eigenvalue weighted by Gasteiger charge is 2.17. The fourth-order valence-electron chi connectivity index (χ4n) is 1.75. The summed E-state index contributed by atoms with van der Waals surface area (Å²) in [5.74, 6) is 0.725. The van der Waals surface area contributed by atoms with Crippen LogP contribution < -0.4 is 10.6 Å². The average molecular weight is 276 g/mol. The van der Waals surface area contributed by atoms with Gasteiger partial charge < -0.3 is 10.6 Å². The molecule has 0 aromatic carbocycles. The maximum atomic E-state index is 11.9. The van der Waals surface area contributed by atoms with Crippen molar-refractivity contribution >= 4 is 16.7 Å². The zero-order valence-corrected chi connectivity index (χ0v) is 13.1. The lowest BCUT2D eigenvalue weighted by Gasteiger charge is -2.22. The first-order valence-corrected chi connectivity index (χ1v) is 8.49. The number of rotatable bonds is 9. The number of carbonyl (C=O) groups is 1.